The second kappa shape index (κ2) is 5.38. The highest BCUT2D eigenvalue weighted by atomic mass is 35.5. The van der Waals surface area contributed by atoms with Crippen LogP contribution in [0.1, 0.15) is 29.6 Å². The second-order valence-electron chi connectivity index (χ2n) is 3.87. The van der Waals surface area contributed by atoms with E-state index in [-0.39, 0.29) is 22.6 Å². The minimum absolute atomic E-state index is 0.0728. The minimum Gasteiger partial charge on any atom is -0.507 e. The number of carbonyl (C=O) groups is 1. The van der Waals surface area contributed by atoms with Gasteiger partial charge in [-0.15, -0.1) is 0 Å². The van der Waals surface area contributed by atoms with Crippen LogP contribution in [0.3, 0.4) is 0 Å². The maximum Gasteiger partial charge on any atom is 0.199 e. The van der Waals surface area contributed by atoms with E-state index in [1.807, 2.05) is 0 Å². The summed E-state index contributed by atoms with van der Waals surface area (Å²) in [5, 5.41) is 9.74. The standard InChI is InChI=1S/C12H13ClO4/c13-10-5-8(6-11(15)9(10)7-14)17-12-3-1-2-4-16-12/h5-7,12,15H,1-4H2. The number of phenols is 1. The molecule has 0 amide bonds. The molecular formula is C12H13ClO4. The molecule has 1 N–H and O–H groups in total. The predicted molar refractivity (Wildman–Crippen MR) is 62.7 cm³/mol. The highest BCUT2D eigenvalue weighted by Crippen LogP contribution is 2.31. The van der Waals surface area contributed by atoms with Gasteiger partial charge in [-0.1, -0.05) is 11.6 Å². The summed E-state index contributed by atoms with van der Waals surface area (Å²) in [7, 11) is 0. The first kappa shape index (κ1) is 12.2. The van der Waals surface area contributed by atoms with Crippen molar-refractivity contribution >= 4 is 17.9 Å². The zero-order valence-corrected chi connectivity index (χ0v) is 9.94. The number of benzene rings is 1. The van der Waals surface area contributed by atoms with E-state index < -0.39 is 0 Å². The summed E-state index contributed by atoms with van der Waals surface area (Å²) < 4.78 is 10.9. The molecule has 1 atom stereocenters. The molecule has 1 fully saturated rings. The van der Waals surface area contributed by atoms with Gasteiger partial charge in [0.05, 0.1) is 17.2 Å². The first-order valence-electron chi connectivity index (χ1n) is 5.46. The summed E-state index contributed by atoms with van der Waals surface area (Å²) in [4.78, 5) is 10.6. The Labute approximate surface area is 104 Å². The van der Waals surface area contributed by atoms with E-state index in [0.29, 0.717) is 18.6 Å². The molecule has 0 bridgehead atoms. The average Bonchev–Trinajstić information content (AvgIpc) is 2.30. The van der Waals surface area contributed by atoms with E-state index in [1.165, 1.54) is 12.1 Å². The fraction of sp³-hybridized carbons (Fsp3) is 0.417. The summed E-state index contributed by atoms with van der Waals surface area (Å²) in [6.45, 7) is 0.677. The van der Waals surface area contributed by atoms with Crippen LogP contribution >= 0.6 is 11.6 Å². The first-order chi connectivity index (χ1) is 8.20. The Morgan fingerprint density at radius 1 is 1.47 bits per heavy atom. The molecule has 1 aliphatic heterocycles. The number of hydrogen-bond acceptors (Lipinski definition) is 4. The van der Waals surface area contributed by atoms with Gasteiger partial charge in [-0.2, -0.15) is 0 Å². The largest absolute Gasteiger partial charge is 0.507 e. The Kier molecular flexibility index (Phi) is 3.86. The number of aldehydes is 1. The van der Waals surface area contributed by atoms with Gasteiger partial charge in [0.25, 0.3) is 0 Å². The summed E-state index contributed by atoms with van der Waals surface area (Å²) in [5.41, 5.74) is 0.0728. The average molecular weight is 257 g/mol. The molecule has 1 aromatic rings. The van der Waals surface area contributed by atoms with Crippen molar-refractivity contribution in [1.29, 1.82) is 0 Å². The smallest absolute Gasteiger partial charge is 0.199 e. The van der Waals surface area contributed by atoms with Gasteiger partial charge >= 0.3 is 0 Å². The van der Waals surface area contributed by atoms with Gasteiger partial charge in [0, 0.05) is 12.5 Å². The van der Waals surface area contributed by atoms with E-state index in [2.05, 4.69) is 0 Å². The summed E-state index contributed by atoms with van der Waals surface area (Å²) in [6.07, 6.45) is 3.11. The Morgan fingerprint density at radius 3 is 2.88 bits per heavy atom. The van der Waals surface area contributed by atoms with Crippen LogP contribution in [0.15, 0.2) is 12.1 Å². The molecule has 0 saturated carbocycles. The third-order valence-electron chi connectivity index (χ3n) is 2.60. The maximum atomic E-state index is 10.6. The number of ether oxygens (including phenoxy) is 2. The van der Waals surface area contributed by atoms with Gasteiger partial charge in [0.1, 0.15) is 11.5 Å². The highest BCUT2D eigenvalue weighted by Gasteiger charge is 2.17. The lowest BCUT2D eigenvalue weighted by Crippen LogP contribution is -2.24. The van der Waals surface area contributed by atoms with Crippen molar-refractivity contribution in [2.45, 2.75) is 25.6 Å². The zero-order chi connectivity index (χ0) is 12.3. The van der Waals surface area contributed by atoms with Crippen LogP contribution in [-0.2, 0) is 4.74 Å². The van der Waals surface area contributed by atoms with Crippen LogP contribution in [0.5, 0.6) is 11.5 Å². The van der Waals surface area contributed by atoms with Crippen LogP contribution in [0.25, 0.3) is 0 Å². The molecule has 1 aliphatic rings. The Morgan fingerprint density at radius 2 is 2.29 bits per heavy atom. The topological polar surface area (TPSA) is 55.8 Å². The van der Waals surface area contributed by atoms with Crippen LogP contribution in [0.4, 0.5) is 0 Å². The molecule has 0 spiro atoms. The Balaban J connectivity index is 2.13. The lowest BCUT2D eigenvalue weighted by Gasteiger charge is -2.23. The monoisotopic (exact) mass is 256 g/mol. The molecule has 0 aromatic heterocycles. The predicted octanol–water partition coefficient (Wildman–Crippen LogP) is 2.76. The lowest BCUT2D eigenvalue weighted by molar-refractivity contribution is -0.105. The van der Waals surface area contributed by atoms with Gasteiger partial charge in [-0.05, 0) is 18.9 Å². The number of rotatable bonds is 3. The van der Waals surface area contributed by atoms with Crippen molar-refractivity contribution in [3.63, 3.8) is 0 Å². The fourth-order valence-corrected chi connectivity index (χ4v) is 1.97. The quantitative estimate of drug-likeness (QED) is 0.845. The van der Waals surface area contributed by atoms with Gasteiger partial charge in [0.15, 0.2) is 12.6 Å². The molecule has 1 aromatic carbocycles. The minimum atomic E-state index is -0.304. The zero-order valence-electron chi connectivity index (χ0n) is 9.19. The normalized spacial score (nSPS) is 19.9. The molecule has 1 saturated heterocycles. The Hall–Kier alpha value is -1.26. The number of halogens is 1. The fourth-order valence-electron chi connectivity index (χ4n) is 1.72. The van der Waals surface area contributed by atoms with Gasteiger partial charge < -0.3 is 14.6 Å². The molecule has 1 unspecified atom stereocenters. The molecule has 1 heterocycles. The molecule has 0 aliphatic carbocycles. The van der Waals surface area contributed by atoms with Gasteiger partial charge in [-0.3, -0.25) is 4.79 Å². The lowest BCUT2D eigenvalue weighted by atomic mass is 10.2. The van der Waals surface area contributed by atoms with E-state index in [0.717, 1.165) is 19.3 Å². The molecule has 0 radical (unpaired) electrons. The summed E-state index contributed by atoms with van der Waals surface area (Å²) >= 11 is 5.84. The van der Waals surface area contributed by atoms with Crippen molar-refractivity contribution in [2.24, 2.45) is 0 Å². The van der Waals surface area contributed by atoms with Crippen LogP contribution in [0.2, 0.25) is 5.02 Å². The molecule has 5 heteroatoms. The maximum absolute atomic E-state index is 10.6. The number of carbonyl (C=O) groups excluding carboxylic acids is 1. The van der Waals surface area contributed by atoms with Gasteiger partial charge in [0.2, 0.25) is 0 Å². The van der Waals surface area contributed by atoms with E-state index in [9.17, 15) is 9.90 Å². The number of hydrogen-bond donors (Lipinski definition) is 1. The van der Waals surface area contributed by atoms with Crippen LogP contribution < -0.4 is 4.74 Å². The number of aromatic hydroxyl groups is 1. The van der Waals surface area contributed by atoms with Crippen molar-refractivity contribution in [3.05, 3.63) is 22.7 Å². The van der Waals surface area contributed by atoms with Crippen LogP contribution in [-0.4, -0.2) is 24.3 Å². The number of phenolic OH excluding ortho intramolecular Hbond substituents is 1. The SMILES string of the molecule is O=Cc1c(O)cc(OC2CCCCO2)cc1Cl. The van der Waals surface area contributed by atoms with Gasteiger partial charge in [-0.25, -0.2) is 0 Å². The summed E-state index contributed by atoms with van der Waals surface area (Å²) in [5.74, 6) is 0.225. The van der Waals surface area contributed by atoms with Crippen LogP contribution in [0, 0.1) is 0 Å². The van der Waals surface area contributed by atoms with Crippen molar-refractivity contribution < 1.29 is 19.4 Å². The second-order valence-corrected chi connectivity index (χ2v) is 4.28. The molecular weight excluding hydrogens is 244 g/mol. The molecule has 17 heavy (non-hydrogen) atoms. The third-order valence-corrected chi connectivity index (χ3v) is 2.92. The van der Waals surface area contributed by atoms with E-state index in [4.69, 9.17) is 21.1 Å². The first-order valence-corrected chi connectivity index (χ1v) is 5.84. The Bertz CT molecular complexity index is 390. The van der Waals surface area contributed by atoms with E-state index in [1.54, 1.807) is 0 Å². The highest BCUT2D eigenvalue weighted by molar-refractivity contribution is 6.33. The van der Waals surface area contributed by atoms with E-state index >= 15 is 0 Å². The van der Waals surface area contributed by atoms with Crippen molar-refractivity contribution in [1.82, 2.24) is 0 Å². The van der Waals surface area contributed by atoms with Crippen molar-refractivity contribution in [2.75, 3.05) is 6.61 Å². The molecule has 92 valence electrons. The molecule has 4 nitrogen and oxygen atoms in total. The van der Waals surface area contributed by atoms with Crippen molar-refractivity contribution in [3.8, 4) is 11.5 Å². The third kappa shape index (κ3) is 2.90. The summed E-state index contributed by atoms with van der Waals surface area (Å²) in [6, 6.07) is 2.87. The molecule has 2 rings (SSSR count).